The van der Waals surface area contributed by atoms with Crippen LogP contribution in [0.3, 0.4) is 0 Å². The van der Waals surface area contributed by atoms with Crippen molar-refractivity contribution in [3.8, 4) is 0 Å². The molecule has 0 aliphatic heterocycles. The van der Waals surface area contributed by atoms with Crippen LogP contribution in [0.1, 0.15) is 11.1 Å². The summed E-state index contributed by atoms with van der Waals surface area (Å²) in [5.41, 5.74) is 13.3. The third kappa shape index (κ3) is 1.59. The molecule has 0 bridgehead atoms. The quantitative estimate of drug-likeness (QED) is 0.458. The van der Waals surface area contributed by atoms with Gasteiger partial charge in [0.1, 0.15) is 5.69 Å². The number of nitro benzene ring substituents is 1. The van der Waals surface area contributed by atoms with Gasteiger partial charge in [-0.1, -0.05) is 0 Å². The van der Waals surface area contributed by atoms with Crippen LogP contribution in [0, 0.1) is 10.1 Å². The van der Waals surface area contributed by atoms with Gasteiger partial charge >= 0.3 is 0 Å². The van der Waals surface area contributed by atoms with Gasteiger partial charge in [-0.25, -0.2) is 0 Å². The van der Waals surface area contributed by atoms with E-state index in [0.29, 0.717) is 22.9 Å². The number of halogens is 1. The molecule has 4 N–H and O–H groups in total. The topological polar surface area (TPSA) is 95.2 Å². The molecule has 0 saturated heterocycles. The maximum Gasteiger partial charge on any atom is 0.296 e. The fraction of sp³-hybridized carbons (Fsp3) is 0.333. The van der Waals surface area contributed by atoms with E-state index >= 15 is 0 Å². The summed E-state index contributed by atoms with van der Waals surface area (Å²) >= 11 is 3.22. The second-order valence-corrected chi connectivity index (χ2v) is 4.54. The Labute approximate surface area is 94.7 Å². The Morgan fingerprint density at radius 3 is 2.80 bits per heavy atom. The van der Waals surface area contributed by atoms with Gasteiger partial charge in [0, 0.05) is 16.1 Å². The number of rotatable bonds is 1. The summed E-state index contributed by atoms with van der Waals surface area (Å²) < 4.78 is 0.571. The fourth-order valence-electron chi connectivity index (χ4n) is 1.98. The van der Waals surface area contributed by atoms with Gasteiger partial charge < -0.3 is 11.5 Å². The number of nitrogens with two attached hydrogens (primary N) is 2. The third-order valence-electron chi connectivity index (χ3n) is 2.62. The van der Waals surface area contributed by atoms with Gasteiger partial charge in [-0.15, -0.1) is 0 Å². The Balaban J connectivity index is 2.67. The average Bonchev–Trinajstić information content (AvgIpc) is 2.46. The summed E-state index contributed by atoms with van der Waals surface area (Å²) in [4.78, 5) is 10.5. The zero-order chi connectivity index (χ0) is 11.2. The van der Waals surface area contributed by atoms with E-state index < -0.39 is 4.92 Å². The third-order valence-corrected chi connectivity index (χ3v) is 3.27. The Bertz CT molecular complexity index is 447. The number of hydrogen-bond acceptors (Lipinski definition) is 4. The lowest BCUT2D eigenvalue weighted by atomic mass is 10.1. The highest BCUT2D eigenvalue weighted by Crippen LogP contribution is 2.39. The van der Waals surface area contributed by atoms with Crippen LogP contribution >= 0.6 is 15.9 Å². The molecule has 0 heterocycles. The molecule has 5 nitrogen and oxygen atoms in total. The summed E-state index contributed by atoms with van der Waals surface area (Å²) in [7, 11) is 0. The molecule has 0 fully saturated rings. The number of nitro groups is 1. The Kier molecular flexibility index (Phi) is 2.40. The van der Waals surface area contributed by atoms with E-state index in [-0.39, 0.29) is 17.4 Å². The molecule has 0 radical (unpaired) electrons. The molecular formula is C9H10BrN3O2. The molecular weight excluding hydrogens is 262 g/mol. The van der Waals surface area contributed by atoms with Crippen molar-refractivity contribution in [1.29, 1.82) is 0 Å². The minimum absolute atomic E-state index is 0.00678. The summed E-state index contributed by atoms with van der Waals surface area (Å²) in [5, 5.41) is 10.9. The predicted octanol–water partition coefficient (Wildman–Crippen LogP) is 1.37. The minimum atomic E-state index is -0.434. The van der Waals surface area contributed by atoms with Gasteiger partial charge in [0.2, 0.25) is 0 Å². The van der Waals surface area contributed by atoms with Crippen LogP contribution in [0.5, 0.6) is 0 Å². The van der Waals surface area contributed by atoms with Crippen molar-refractivity contribution in [1.82, 2.24) is 0 Å². The van der Waals surface area contributed by atoms with Gasteiger partial charge in [0.05, 0.1) is 4.92 Å². The number of nitrogens with zero attached hydrogens (tertiary/aromatic N) is 1. The van der Waals surface area contributed by atoms with Crippen molar-refractivity contribution < 1.29 is 4.92 Å². The molecule has 0 spiro atoms. The van der Waals surface area contributed by atoms with Crippen LogP contribution in [-0.2, 0) is 12.8 Å². The lowest BCUT2D eigenvalue weighted by Crippen LogP contribution is -2.19. The van der Waals surface area contributed by atoms with Gasteiger partial charge in [0.15, 0.2) is 0 Å². The van der Waals surface area contributed by atoms with Crippen molar-refractivity contribution in [3.63, 3.8) is 0 Å². The molecule has 1 atom stereocenters. The Morgan fingerprint density at radius 2 is 2.20 bits per heavy atom. The average molecular weight is 272 g/mol. The van der Waals surface area contributed by atoms with Crippen LogP contribution in [0.15, 0.2) is 10.5 Å². The summed E-state index contributed by atoms with van der Waals surface area (Å²) in [6.45, 7) is 0. The summed E-state index contributed by atoms with van der Waals surface area (Å²) in [5.74, 6) is 0. The molecule has 1 aliphatic carbocycles. The van der Waals surface area contributed by atoms with Crippen molar-refractivity contribution >= 4 is 27.3 Å². The van der Waals surface area contributed by atoms with E-state index in [0.717, 1.165) is 5.56 Å². The first-order chi connectivity index (χ1) is 7.00. The molecule has 80 valence electrons. The molecule has 0 aromatic heterocycles. The lowest BCUT2D eigenvalue weighted by molar-refractivity contribution is -0.384. The molecule has 0 unspecified atom stereocenters. The highest BCUT2D eigenvalue weighted by molar-refractivity contribution is 9.10. The molecule has 0 saturated carbocycles. The zero-order valence-corrected chi connectivity index (χ0v) is 9.45. The van der Waals surface area contributed by atoms with Crippen molar-refractivity contribution in [3.05, 3.63) is 31.8 Å². The van der Waals surface area contributed by atoms with E-state index in [1.54, 1.807) is 0 Å². The smallest absolute Gasteiger partial charge is 0.296 e. The lowest BCUT2D eigenvalue weighted by Gasteiger charge is -2.05. The Morgan fingerprint density at radius 1 is 1.53 bits per heavy atom. The van der Waals surface area contributed by atoms with Crippen molar-refractivity contribution in [2.75, 3.05) is 5.73 Å². The van der Waals surface area contributed by atoms with E-state index in [4.69, 9.17) is 11.5 Å². The molecule has 15 heavy (non-hydrogen) atoms. The molecule has 1 aromatic carbocycles. The number of fused-ring (bicyclic) bond motifs is 1. The van der Waals surface area contributed by atoms with Gasteiger partial charge in [-0.3, -0.25) is 10.1 Å². The maximum absolute atomic E-state index is 10.9. The standard InChI is InChI=1S/C9H10BrN3O2/c10-7-2-4-1-5(11)3-6(4)9(8(7)12)13(14)15/h2,5H,1,3,11-12H2/t5-/m1/s1. The van der Waals surface area contributed by atoms with Crippen molar-refractivity contribution in [2.45, 2.75) is 18.9 Å². The molecule has 2 rings (SSSR count). The van der Waals surface area contributed by atoms with Gasteiger partial charge in [0.25, 0.3) is 5.69 Å². The normalized spacial score (nSPS) is 18.9. The first kappa shape index (κ1) is 10.4. The first-order valence-electron chi connectivity index (χ1n) is 4.50. The second-order valence-electron chi connectivity index (χ2n) is 3.68. The SMILES string of the molecule is Nc1c(Br)cc2c(c1[N+](=O)[O-])C[C@H](N)C2. The zero-order valence-electron chi connectivity index (χ0n) is 7.87. The van der Waals surface area contributed by atoms with Crippen LogP contribution in [-0.4, -0.2) is 11.0 Å². The highest BCUT2D eigenvalue weighted by atomic mass is 79.9. The van der Waals surface area contributed by atoms with E-state index in [1.165, 1.54) is 0 Å². The van der Waals surface area contributed by atoms with Gasteiger partial charge in [-0.05, 0) is 40.4 Å². The summed E-state index contributed by atoms with van der Waals surface area (Å²) in [6, 6.07) is 1.79. The predicted molar refractivity (Wildman–Crippen MR) is 60.6 cm³/mol. The maximum atomic E-state index is 10.9. The van der Waals surface area contributed by atoms with Crippen LogP contribution in [0.4, 0.5) is 11.4 Å². The van der Waals surface area contributed by atoms with Crippen LogP contribution in [0.2, 0.25) is 0 Å². The van der Waals surface area contributed by atoms with Crippen LogP contribution in [0.25, 0.3) is 0 Å². The van der Waals surface area contributed by atoms with E-state index in [9.17, 15) is 10.1 Å². The van der Waals surface area contributed by atoms with E-state index in [2.05, 4.69) is 15.9 Å². The molecule has 1 aromatic rings. The monoisotopic (exact) mass is 271 g/mol. The fourth-order valence-corrected chi connectivity index (χ4v) is 2.44. The number of anilines is 1. The number of hydrogen-bond donors (Lipinski definition) is 2. The summed E-state index contributed by atoms with van der Waals surface area (Å²) in [6.07, 6.45) is 1.21. The van der Waals surface area contributed by atoms with Crippen molar-refractivity contribution in [2.24, 2.45) is 5.73 Å². The minimum Gasteiger partial charge on any atom is -0.392 e. The number of nitrogen functional groups attached to an aromatic ring is 1. The van der Waals surface area contributed by atoms with E-state index in [1.807, 2.05) is 6.07 Å². The first-order valence-corrected chi connectivity index (χ1v) is 5.29. The molecule has 0 amide bonds. The molecule has 6 heteroatoms. The second kappa shape index (κ2) is 3.46. The highest BCUT2D eigenvalue weighted by Gasteiger charge is 2.30. The largest absolute Gasteiger partial charge is 0.392 e. The molecule has 1 aliphatic rings. The Hall–Kier alpha value is -1.14. The number of benzene rings is 1. The van der Waals surface area contributed by atoms with Crippen LogP contribution < -0.4 is 11.5 Å². The van der Waals surface area contributed by atoms with Gasteiger partial charge in [-0.2, -0.15) is 0 Å².